The van der Waals surface area contributed by atoms with Crippen LogP contribution in [-0.2, 0) is 12.8 Å². The molecule has 0 saturated heterocycles. The van der Waals surface area contributed by atoms with E-state index in [2.05, 4.69) is 5.32 Å². The lowest BCUT2D eigenvalue weighted by Gasteiger charge is -2.18. The van der Waals surface area contributed by atoms with Gasteiger partial charge in [-0.2, -0.15) is 17.7 Å². The number of alkyl halides is 3. The number of halogens is 3. The van der Waals surface area contributed by atoms with Crippen molar-refractivity contribution >= 4 is 40.0 Å². The maximum Gasteiger partial charge on any atom is 0.416 e. The summed E-state index contributed by atoms with van der Waals surface area (Å²) in [6, 6.07) is 11.4. The molecule has 7 nitrogen and oxygen atoms in total. The Balaban J connectivity index is 2.14. The molecule has 1 aromatic heterocycles. The topological polar surface area (TPSA) is 102 Å². The van der Waals surface area contributed by atoms with Crippen molar-refractivity contribution in [2.24, 2.45) is 0 Å². The van der Waals surface area contributed by atoms with Crippen LogP contribution in [0.3, 0.4) is 0 Å². The fraction of sp³-hybridized carbons (Fsp3) is 0.130. The summed E-state index contributed by atoms with van der Waals surface area (Å²) in [4.78, 5) is 10.5. The lowest BCUT2D eigenvalue weighted by Crippen LogP contribution is -2.40. The fourth-order valence-electron chi connectivity index (χ4n) is 3.14. The molecule has 0 spiro atoms. The molecular formula is C23H18F3N3O4S. The number of aryl methyl sites for hydroxylation is 1. The molecule has 0 amide bonds. The van der Waals surface area contributed by atoms with E-state index in [4.69, 9.17) is 12.2 Å². The van der Waals surface area contributed by atoms with Gasteiger partial charge in [0.05, 0.1) is 17.1 Å². The Bertz CT molecular complexity index is 1290. The van der Waals surface area contributed by atoms with E-state index in [9.17, 15) is 33.5 Å². The van der Waals surface area contributed by atoms with Gasteiger partial charge in [0.1, 0.15) is 0 Å². The molecule has 0 radical (unpaired) electrons. The number of rotatable bonds is 6. The van der Waals surface area contributed by atoms with Crippen molar-refractivity contribution in [1.82, 2.24) is 0 Å². The third kappa shape index (κ3) is 5.56. The van der Waals surface area contributed by atoms with Crippen LogP contribution < -0.4 is 15.0 Å². The first-order chi connectivity index (χ1) is 16.0. The summed E-state index contributed by atoms with van der Waals surface area (Å²) < 4.78 is 40.6. The van der Waals surface area contributed by atoms with Crippen molar-refractivity contribution < 1.29 is 32.9 Å². The number of nitro benzene ring substituents is 1. The quantitative estimate of drug-likeness (QED) is 0.136. The van der Waals surface area contributed by atoms with Gasteiger partial charge < -0.3 is 15.5 Å². The number of pyridine rings is 1. The first-order valence-electron chi connectivity index (χ1n) is 9.78. The van der Waals surface area contributed by atoms with E-state index in [1.54, 1.807) is 12.1 Å². The number of aliphatic hydroxyl groups is 1. The average Bonchev–Trinajstić information content (AvgIpc) is 2.79. The molecule has 34 heavy (non-hydrogen) atoms. The molecule has 3 aromatic rings. The Hall–Kier alpha value is -3.83. The molecule has 0 aliphatic carbocycles. The van der Waals surface area contributed by atoms with Crippen molar-refractivity contribution in [1.29, 1.82) is 0 Å². The molecule has 0 aliphatic heterocycles. The van der Waals surface area contributed by atoms with E-state index < -0.39 is 22.4 Å². The molecule has 0 saturated carbocycles. The van der Waals surface area contributed by atoms with Crippen LogP contribution >= 0.6 is 12.2 Å². The molecular weight excluding hydrogens is 471 g/mol. The van der Waals surface area contributed by atoms with E-state index in [1.807, 2.05) is 0 Å². The standard InChI is InChI=1S/C23H18F3N3O4S/c1-14-7-8-16(10-19(14)29(32)33)21(31)20(28-9-3-4-15(12-28)13-30)22(34)27-18-6-2-5-17(11-18)23(24,25)26/h2-12,30H,13H2,1H3,(H-,27,31,34). The van der Waals surface area contributed by atoms with Gasteiger partial charge in [0.2, 0.25) is 5.70 Å². The molecule has 3 rings (SSSR count). The molecule has 0 bridgehead atoms. The summed E-state index contributed by atoms with van der Waals surface area (Å²) in [6.45, 7) is 1.18. The van der Waals surface area contributed by atoms with Crippen molar-refractivity contribution in [3.63, 3.8) is 0 Å². The zero-order valence-electron chi connectivity index (χ0n) is 17.7. The summed E-state index contributed by atoms with van der Waals surface area (Å²) in [5.41, 5.74) is -0.595. The molecule has 0 atom stereocenters. The third-order valence-corrected chi connectivity index (χ3v) is 5.14. The summed E-state index contributed by atoms with van der Waals surface area (Å²) in [7, 11) is 0. The molecule has 11 heteroatoms. The van der Waals surface area contributed by atoms with Gasteiger partial charge in [0.25, 0.3) is 5.69 Å². The van der Waals surface area contributed by atoms with Crippen molar-refractivity contribution in [2.75, 3.05) is 5.32 Å². The van der Waals surface area contributed by atoms with Crippen LogP contribution in [0.4, 0.5) is 24.5 Å². The normalized spacial score (nSPS) is 12.1. The minimum absolute atomic E-state index is 0.000996. The van der Waals surface area contributed by atoms with Gasteiger partial charge in [-0.25, -0.2) is 0 Å². The summed E-state index contributed by atoms with van der Waals surface area (Å²) >= 11 is 5.37. The highest BCUT2D eigenvalue weighted by Crippen LogP contribution is 2.31. The SMILES string of the molecule is Cc1ccc(/C([O-])=C(/C(=S)Nc2cccc(C(F)(F)F)c2)[n+]2cccc(CO)c2)cc1[N+](=O)[O-]. The summed E-state index contributed by atoms with van der Waals surface area (Å²) in [5, 5.41) is 36.9. The predicted octanol–water partition coefficient (Wildman–Crippen LogP) is 3.83. The number of anilines is 1. The van der Waals surface area contributed by atoms with Gasteiger partial charge in [-0.3, -0.25) is 10.1 Å². The number of hydrogen-bond acceptors (Lipinski definition) is 5. The Morgan fingerprint density at radius 1 is 1.18 bits per heavy atom. The van der Waals surface area contributed by atoms with E-state index >= 15 is 0 Å². The summed E-state index contributed by atoms with van der Waals surface area (Å²) in [5.74, 6) is -0.701. The number of nitrogens with one attached hydrogen (secondary N) is 1. The minimum atomic E-state index is -4.58. The largest absolute Gasteiger partial charge is 0.867 e. The van der Waals surface area contributed by atoms with Crippen molar-refractivity contribution in [3.05, 3.63) is 99.4 Å². The number of hydrogen-bond donors (Lipinski definition) is 2. The van der Waals surface area contributed by atoms with Gasteiger partial charge in [0, 0.05) is 28.9 Å². The van der Waals surface area contributed by atoms with Gasteiger partial charge in [-0.1, -0.05) is 30.4 Å². The molecule has 1 heterocycles. The van der Waals surface area contributed by atoms with E-state index in [1.165, 1.54) is 48.1 Å². The number of benzene rings is 2. The highest BCUT2D eigenvalue weighted by Gasteiger charge is 2.30. The van der Waals surface area contributed by atoms with Crippen LogP contribution in [-0.4, -0.2) is 15.0 Å². The van der Waals surface area contributed by atoms with Crippen LogP contribution in [0.5, 0.6) is 0 Å². The highest BCUT2D eigenvalue weighted by molar-refractivity contribution is 7.81. The second-order valence-electron chi connectivity index (χ2n) is 7.25. The number of nitro groups is 1. The fourth-order valence-corrected chi connectivity index (χ4v) is 3.46. The maximum atomic E-state index is 13.4. The van der Waals surface area contributed by atoms with Gasteiger partial charge in [0.15, 0.2) is 17.4 Å². The second-order valence-corrected chi connectivity index (χ2v) is 7.65. The van der Waals surface area contributed by atoms with E-state index in [0.29, 0.717) is 11.1 Å². The predicted molar refractivity (Wildman–Crippen MR) is 121 cm³/mol. The lowest BCUT2D eigenvalue weighted by molar-refractivity contribution is -0.578. The molecule has 2 aromatic carbocycles. The smallest absolute Gasteiger partial charge is 0.416 e. The van der Waals surface area contributed by atoms with Gasteiger partial charge in [-0.05, 0) is 42.5 Å². The van der Waals surface area contributed by atoms with Crippen LogP contribution in [0.25, 0.3) is 11.5 Å². The van der Waals surface area contributed by atoms with Crippen LogP contribution in [0.15, 0.2) is 67.0 Å². The van der Waals surface area contributed by atoms with Crippen LogP contribution in [0.2, 0.25) is 0 Å². The molecule has 176 valence electrons. The van der Waals surface area contributed by atoms with Crippen LogP contribution in [0, 0.1) is 17.0 Å². The van der Waals surface area contributed by atoms with Crippen molar-refractivity contribution in [2.45, 2.75) is 19.7 Å². The third-order valence-electron chi connectivity index (χ3n) is 4.85. The lowest BCUT2D eigenvalue weighted by atomic mass is 10.1. The zero-order chi connectivity index (χ0) is 25.0. The molecule has 2 N–H and O–H groups in total. The monoisotopic (exact) mass is 489 g/mol. The number of aromatic nitrogens is 1. The van der Waals surface area contributed by atoms with Gasteiger partial charge in [-0.15, -0.1) is 0 Å². The number of aliphatic hydroxyl groups excluding tert-OH is 1. The Kier molecular flexibility index (Phi) is 7.28. The zero-order valence-corrected chi connectivity index (χ0v) is 18.5. The summed E-state index contributed by atoms with van der Waals surface area (Å²) in [6.07, 6.45) is -1.68. The Labute approximate surface area is 197 Å². The molecule has 0 aliphatic rings. The van der Waals surface area contributed by atoms with Crippen LogP contribution in [0.1, 0.15) is 22.3 Å². The molecule has 0 fully saturated rings. The second kappa shape index (κ2) is 9.98. The highest BCUT2D eigenvalue weighted by atomic mass is 32.1. The average molecular weight is 489 g/mol. The van der Waals surface area contributed by atoms with E-state index in [-0.39, 0.29) is 34.2 Å². The van der Waals surface area contributed by atoms with Crippen molar-refractivity contribution in [3.8, 4) is 0 Å². The Morgan fingerprint density at radius 3 is 2.56 bits per heavy atom. The first kappa shape index (κ1) is 24.8. The molecule has 0 unspecified atom stereocenters. The minimum Gasteiger partial charge on any atom is -0.867 e. The van der Waals surface area contributed by atoms with E-state index in [0.717, 1.165) is 18.2 Å². The Morgan fingerprint density at radius 2 is 1.91 bits per heavy atom. The first-order valence-corrected chi connectivity index (χ1v) is 10.2. The van der Waals surface area contributed by atoms with Gasteiger partial charge >= 0.3 is 6.18 Å². The number of nitrogens with zero attached hydrogens (tertiary/aromatic N) is 2. The number of thiocarbonyl (C=S) groups is 1. The maximum absolute atomic E-state index is 13.4.